The molecule has 100 valence electrons. The Labute approximate surface area is 113 Å². The Morgan fingerprint density at radius 1 is 1.00 bits per heavy atom. The second kappa shape index (κ2) is 5.05. The van der Waals surface area contributed by atoms with Gasteiger partial charge in [0, 0.05) is 0 Å². The van der Waals surface area contributed by atoms with Gasteiger partial charge in [-0.1, -0.05) is 13.0 Å². The summed E-state index contributed by atoms with van der Waals surface area (Å²) < 4.78 is 24.8. The normalized spacial score (nSPS) is 11.5. The monoisotopic (exact) mass is 276 g/mol. The van der Waals surface area contributed by atoms with Gasteiger partial charge in [0.15, 0.2) is 0 Å². The van der Waals surface area contributed by atoms with Gasteiger partial charge < -0.3 is 5.11 Å². The molecule has 2 rings (SSSR count). The Hall–Kier alpha value is -1.81. The van der Waals surface area contributed by atoms with Gasteiger partial charge in [-0.25, -0.2) is 8.42 Å². The number of phenolic OH excluding ortho intramolecular Hbond substituents is 1. The molecule has 0 saturated heterocycles. The minimum atomic E-state index is -3.51. The number of sulfone groups is 1. The lowest BCUT2D eigenvalue weighted by molar-refractivity contribution is 0.475. The van der Waals surface area contributed by atoms with Crippen LogP contribution in [0.15, 0.2) is 52.3 Å². The fourth-order valence-corrected chi connectivity index (χ4v) is 3.34. The van der Waals surface area contributed by atoms with E-state index >= 15 is 0 Å². The lowest BCUT2D eigenvalue weighted by atomic mass is 10.1. The number of aryl methyl sites for hydroxylation is 2. The van der Waals surface area contributed by atoms with Crippen molar-refractivity contribution >= 4 is 9.84 Å². The van der Waals surface area contributed by atoms with E-state index in [1.165, 1.54) is 24.3 Å². The van der Waals surface area contributed by atoms with E-state index in [0.717, 1.165) is 17.5 Å². The Morgan fingerprint density at radius 3 is 2.11 bits per heavy atom. The van der Waals surface area contributed by atoms with Crippen molar-refractivity contribution in [2.24, 2.45) is 0 Å². The first-order chi connectivity index (χ1) is 8.95. The van der Waals surface area contributed by atoms with E-state index in [4.69, 9.17) is 0 Å². The van der Waals surface area contributed by atoms with Crippen LogP contribution in [0.5, 0.6) is 5.75 Å². The largest absolute Gasteiger partial charge is 0.508 e. The number of rotatable bonds is 3. The van der Waals surface area contributed by atoms with Crippen LogP contribution in [-0.2, 0) is 16.3 Å². The molecule has 0 radical (unpaired) electrons. The molecular weight excluding hydrogens is 260 g/mol. The zero-order chi connectivity index (χ0) is 14.0. The van der Waals surface area contributed by atoms with Gasteiger partial charge in [0.05, 0.1) is 9.79 Å². The van der Waals surface area contributed by atoms with Crippen LogP contribution in [-0.4, -0.2) is 13.5 Å². The van der Waals surface area contributed by atoms with Crippen molar-refractivity contribution in [3.63, 3.8) is 0 Å². The van der Waals surface area contributed by atoms with E-state index in [-0.39, 0.29) is 15.5 Å². The number of aromatic hydroxyl groups is 1. The standard InChI is InChI=1S/C15H16O3S/c1-3-12-4-7-15(10-11(12)2)19(17,18)14-8-5-13(16)6-9-14/h4-10,16H,3H2,1-2H3. The third-order valence-electron chi connectivity index (χ3n) is 3.15. The summed E-state index contributed by atoms with van der Waals surface area (Å²) in [6.45, 7) is 3.95. The van der Waals surface area contributed by atoms with Crippen LogP contribution in [0, 0.1) is 6.92 Å². The van der Waals surface area contributed by atoms with Gasteiger partial charge in [0.2, 0.25) is 9.84 Å². The average Bonchev–Trinajstić information content (AvgIpc) is 2.39. The molecular formula is C15H16O3S. The highest BCUT2D eigenvalue weighted by atomic mass is 32.2. The highest BCUT2D eigenvalue weighted by Crippen LogP contribution is 2.24. The van der Waals surface area contributed by atoms with Gasteiger partial charge in [-0.2, -0.15) is 0 Å². The van der Waals surface area contributed by atoms with Crippen LogP contribution in [0.4, 0.5) is 0 Å². The van der Waals surface area contributed by atoms with E-state index in [2.05, 4.69) is 0 Å². The maximum Gasteiger partial charge on any atom is 0.206 e. The summed E-state index contributed by atoms with van der Waals surface area (Å²) in [6, 6.07) is 10.7. The molecule has 1 N–H and O–H groups in total. The summed E-state index contributed by atoms with van der Waals surface area (Å²) in [6.07, 6.45) is 0.880. The fraction of sp³-hybridized carbons (Fsp3) is 0.200. The molecule has 0 aliphatic heterocycles. The molecule has 0 bridgehead atoms. The zero-order valence-electron chi connectivity index (χ0n) is 10.9. The van der Waals surface area contributed by atoms with Crippen LogP contribution in [0.2, 0.25) is 0 Å². The molecule has 2 aromatic carbocycles. The summed E-state index contributed by atoms with van der Waals surface area (Å²) >= 11 is 0. The van der Waals surface area contributed by atoms with Gasteiger partial charge in [0.1, 0.15) is 5.75 Å². The van der Waals surface area contributed by atoms with Crippen LogP contribution in [0.3, 0.4) is 0 Å². The predicted molar refractivity (Wildman–Crippen MR) is 74.1 cm³/mol. The van der Waals surface area contributed by atoms with Gasteiger partial charge in [-0.3, -0.25) is 0 Å². The first-order valence-electron chi connectivity index (χ1n) is 6.09. The molecule has 0 atom stereocenters. The van der Waals surface area contributed by atoms with Gasteiger partial charge in [-0.15, -0.1) is 0 Å². The third-order valence-corrected chi connectivity index (χ3v) is 4.92. The van der Waals surface area contributed by atoms with Gasteiger partial charge in [0.25, 0.3) is 0 Å². The van der Waals surface area contributed by atoms with Crippen molar-refractivity contribution < 1.29 is 13.5 Å². The van der Waals surface area contributed by atoms with Crippen molar-refractivity contribution in [3.05, 3.63) is 53.6 Å². The Balaban J connectivity index is 2.50. The Morgan fingerprint density at radius 2 is 1.58 bits per heavy atom. The molecule has 0 unspecified atom stereocenters. The van der Waals surface area contributed by atoms with Crippen LogP contribution < -0.4 is 0 Å². The van der Waals surface area contributed by atoms with Gasteiger partial charge in [-0.05, 0) is 60.9 Å². The molecule has 3 nitrogen and oxygen atoms in total. The molecule has 19 heavy (non-hydrogen) atoms. The zero-order valence-corrected chi connectivity index (χ0v) is 11.7. The van der Waals surface area contributed by atoms with E-state index in [0.29, 0.717) is 0 Å². The van der Waals surface area contributed by atoms with E-state index < -0.39 is 9.84 Å². The van der Waals surface area contributed by atoms with Crippen molar-refractivity contribution in [3.8, 4) is 5.75 Å². The SMILES string of the molecule is CCc1ccc(S(=O)(=O)c2ccc(O)cc2)cc1C. The number of benzene rings is 2. The third kappa shape index (κ3) is 2.63. The average molecular weight is 276 g/mol. The summed E-state index contributed by atoms with van der Waals surface area (Å²) in [7, 11) is -3.51. The predicted octanol–water partition coefficient (Wildman–Crippen LogP) is 3.10. The lowest BCUT2D eigenvalue weighted by Crippen LogP contribution is -2.03. The molecule has 4 heteroatoms. The highest BCUT2D eigenvalue weighted by molar-refractivity contribution is 7.91. The Kier molecular flexibility index (Phi) is 3.62. The molecule has 0 spiro atoms. The molecule has 0 aliphatic rings. The van der Waals surface area contributed by atoms with Crippen molar-refractivity contribution in [1.29, 1.82) is 0 Å². The van der Waals surface area contributed by atoms with E-state index in [1.807, 2.05) is 19.9 Å². The molecule has 2 aromatic rings. The molecule has 0 aromatic heterocycles. The minimum absolute atomic E-state index is 0.0523. The molecule has 0 saturated carbocycles. The first kappa shape index (κ1) is 13.6. The quantitative estimate of drug-likeness (QED) is 0.937. The summed E-state index contributed by atoms with van der Waals surface area (Å²) in [5.74, 6) is 0.0523. The molecule has 0 amide bonds. The van der Waals surface area contributed by atoms with E-state index in [9.17, 15) is 13.5 Å². The Bertz CT molecular complexity index is 686. The molecule has 0 fully saturated rings. The maximum atomic E-state index is 12.4. The van der Waals surface area contributed by atoms with Crippen LogP contribution >= 0.6 is 0 Å². The summed E-state index contributed by atoms with van der Waals surface area (Å²) in [5.41, 5.74) is 2.12. The van der Waals surface area contributed by atoms with Crippen molar-refractivity contribution in [2.75, 3.05) is 0 Å². The lowest BCUT2D eigenvalue weighted by Gasteiger charge is -2.08. The number of hydrogen-bond acceptors (Lipinski definition) is 3. The fourth-order valence-electron chi connectivity index (χ4n) is 1.99. The van der Waals surface area contributed by atoms with E-state index in [1.54, 1.807) is 12.1 Å². The topological polar surface area (TPSA) is 54.4 Å². The van der Waals surface area contributed by atoms with Crippen LogP contribution in [0.25, 0.3) is 0 Å². The smallest absolute Gasteiger partial charge is 0.206 e. The van der Waals surface area contributed by atoms with Crippen molar-refractivity contribution in [2.45, 2.75) is 30.1 Å². The summed E-state index contributed by atoms with van der Waals surface area (Å²) in [4.78, 5) is 0.474. The maximum absolute atomic E-state index is 12.4. The number of phenols is 1. The molecule has 0 aliphatic carbocycles. The number of hydrogen-bond donors (Lipinski definition) is 1. The van der Waals surface area contributed by atoms with Gasteiger partial charge >= 0.3 is 0 Å². The summed E-state index contributed by atoms with van der Waals surface area (Å²) in [5, 5.41) is 9.21. The highest BCUT2D eigenvalue weighted by Gasteiger charge is 2.18. The second-order valence-corrected chi connectivity index (χ2v) is 6.39. The first-order valence-corrected chi connectivity index (χ1v) is 7.57. The van der Waals surface area contributed by atoms with Crippen LogP contribution in [0.1, 0.15) is 18.1 Å². The molecule has 0 heterocycles. The van der Waals surface area contributed by atoms with Crippen molar-refractivity contribution in [1.82, 2.24) is 0 Å². The second-order valence-electron chi connectivity index (χ2n) is 4.44. The minimum Gasteiger partial charge on any atom is -0.508 e.